The van der Waals surface area contributed by atoms with Crippen molar-refractivity contribution in [2.75, 3.05) is 17.7 Å². The largest absolute Gasteiger partial charge is 0.480 e. The first-order valence-corrected chi connectivity index (χ1v) is 7.79. The molecule has 0 aliphatic rings. The number of rotatable bonds is 7. The molecule has 124 valence electrons. The van der Waals surface area contributed by atoms with Gasteiger partial charge >= 0.3 is 5.97 Å². The summed E-state index contributed by atoms with van der Waals surface area (Å²) in [6.45, 7) is 3.92. The van der Waals surface area contributed by atoms with E-state index in [0.717, 1.165) is 22.6 Å². The van der Waals surface area contributed by atoms with Crippen LogP contribution < -0.4 is 5.32 Å². The van der Waals surface area contributed by atoms with E-state index in [1.54, 1.807) is 4.57 Å². The highest BCUT2D eigenvalue weighted by molar-refractivity contribution is 6.18. The molecule has 1 aromatic carbocycles. The maximum atomic E-state index is 11.1. The number of aliphatic hydroxyl groups excluding tert-OH is 1. The van der Waals surface area contributed by atoms with Gasteiger partial charge in [0, 0.05) is 23.5 Å². The Morgan fingerprint density at radius 2 is 2.17 bits per heavy atom. The van der Waals surface area contributed by atoms with Crippen LogP contribution in [0.2, 0.25) is 0 Å². The van der Waals surface area contributed by atoms with Gasteiger partial charge in [0.25, 0.3) is 0 Å². The van der Waals surface area contributed by atoms with Gasteiger partial charge in [0.1, 0.15) is 12.4 Å². The number of aryl methyl sites for hydroxylation is 1. The number of alkyl halides is 1. The van der Waals surface area contributed by atoms with Crippen LogP contribution in [-0.4, -0.2) is 44.3 Å². The minimum atomic E-state index is -0.911. The number of aromatic nitrogens is 2. The second kappa shape index (κ2) is 7.48. The quantitative estimate of drug-likeness (QED) is 0.675. The second-order valence-electron chi connectivity index (χ2n) is 5.36. The van der Waals surface area contributed by atoms with Crippen LogP contribution in [-0.2, 0) is 11.3 Å². The lowest BCUT2D eigenvalue weighted by Crippen LogP contribution is -2.20. The Morgan fingerprint density at radius 1 is 1.43 bits per heavy atom. The monoisotopic (exact) mass is 337 g/mol. The lowest BCUT2D eigenvalue weighted by Gasteiger charge is -2.12. The first-order chi connectivity index (χ1) is 10.9. The molecule has 1 atom stereocenters. The molecule has 0 saturated carbocycles. The van der Waals surface area contributed by atoms with Crippen LogP contribution in [0.25, 0.3) is 11.4 Å². The lowest BCUT2D eigenvalue weighted by atomic mass is 10.2. The molecule has 1 aromatic heterocycles. The van der Waals surface area contributed by atoms with Crippen molar-refractivity contribution in [2.24, 2.45) is 0 Å². The zero-order chi connectivity index (χ0) is 17.0. The fourth-order valence-electron chi connectivity index (χ4n) is 2.26. The van der Waals surface area contributed by atoms with Gasteiger partial charge < -0.3 is 20.1 Å². The molecule has 0 aliphatic carbocycles. The van der Waals surface area contributed by atoms with E-state index >= 15 is 0 Å². The van der Waals surface area contributed by atoms with Gasteiger partial charge in [0.05, 0.1) is 17.7 Å². The molecular weight excluding hydrogens is 318 g/mol. The molecule has 23 heavy (non-hydrogen) atoms. The number of carboxylic acid groups (broad SMARTS) is 1. The molecule has 0 amide bonds. The maximum Gasteiger partial charge on any atom is 0.323 e. The molecule has 0 saturated heterocycles. The van der Waals surface area contributed by atoms with Gasteiger partial charge in [0.15, 0.2) is 0 Å². The van der Waals surface area contributed by atoms with Crippen LogP contribution in [0.1, 0.15) is 11.4 Å². The number of hydrogen-bond donors (Lipinski definition) is 3. The van der Waals surface area contributed by atoms with E-state index in [2.05, 4.69) is 10.3 Å². The lowest BCUT2D eigenvalue weighted by molar-refractivity contribution is -0.137. The normalized spacial score (nSPS) is 12.2. The van der Waals surface area contributed by atoms with E-state index in [-0.39, 0.29) is 12.4 Å². The highest BCUT2D eigenvalue weighted by atomic mass is 35.5. The molecule has 3 N–H and O–H groups in total. The van der Waals surface area contributed by atoms with Crippen molar-refractivity contribution in [3.05, 3.63) is 35.7 Å². The number of benzene rings is 1. The molecule has 0 spiro atoms. The summed E-state index contributed by atoms with van der Waals surface area (Å²) in [6, 6.07) is 7.48. The van der Waals surface area contributed by atoms with Crippen molar-refractivity contribution >= 4 is 23.3 Å². The summed E-state index contributed by atoms with van der Waals surface area (Å²) in [7, 11) is 0. The minimum Gasteiger partial charge on any atom is -0.480 e. The Balaban J connectivity index is 2.31. The Kier molecular flexibility index (Phi) is 5.63. The van der Waals surface area contributed by atoms with Gasteiger partial charge in [-0.15, -0.1) is 11.6 Å². The van der Waals surface area contributed by atoms with Gasteiger partial charge in [-0.05, 0) is 26.0 Å². The highest BCUT2D eigenvalue weighted by Gasteiger charge is 2.15. The number of imidazole rings is 1. The number of carboxylic acids is 1. The highest BCUT2D eigenvalue weighted by Crippen LogP contribution is 2.24. The van der Waals surface area contributed by atoms with Gasteiger partial charge in [0.2, 0.25) is 0 Å². The predicted molar refractivity (Wildman–Crippen MR) is 90.0 cm³/mol. The number of aliphatic carboxylic acids is 1. The van der Waals surface area contributed by atoms with Crippen molar-refractivity contribution in [1.82, 2.24) is 9.55 Å². The summed E-state index contributed by atoms with van der Waals surface area (Å²) in [5.41, 5.74) is 3.26. The summed E-state index contributed by atoms with van der Waals surface area (Å²) in [5, 5.41) is 21.7. The predicted octanol–water partition coefficient (Wildman–Crippen LogP) is 2.26. The average Bonchev–Trinajstić information content (AvgIpc) is 2.80. The topological polar surface area (TPSA) is 87.4 Å². The van der Waals surface area contributed by atoms with Gasteiger partial charge in [-0.25, -0.2) is 4.98 Å². The van der Waals surface area contributed by atoms with Crippen LogP contribution in [0.4, 0.5) is 5.69 Å². The molecule has 1 unspecified atom stereocenters. The Labute approximate surface area is 139 Å². The summed E-state index contributed by atoms with van der Waals surface area (Å²) in [6.07, 6.45) is -0.626. The van der Waals surface area contributed by atoms with Crippen molar-refractivity contribution in [3.63, 3.8) is 0 Å². The smallest absolute Gasteiger partial charge is 0.323 e. The Bertz CT molecular complexity index is 700. The first kappa shape index (κ1) is 17.3. The number of aliphatic hydroxyl groups is 1. The fourth-order valence-corrected chi connectivity index (χ4v) is 2.37. The number of anilines is 1. The molecule has 2 rings (SSSR count). The minimum absolute atomic E-state index is 0.134. The van der Waals surface area contributed by atoms with Crippen LogP contribution in [0.5, 0.6) is 0 Å². The summed E-state index contributed by atoms with van der Waals surface area (Å²) in [5.74, 6) is -0.135. The molecule has 2 aromatic rings. The summed E-state index contributed by atoms with van der Waals surface area (Å²) >= 11 is 5.58. The van der Waals surface area contributed by atoms with Gasteiger partial charge in [-0.3, -0.25) is 4.79 Å². The zero-order valence-electron chi connectivity index (χ0n) is 13.1. The van der Waals surface area contributed by atoms with Crippen molar-refractivity contribution in [3.8, 4) is 11.4 Å². The van der Waals surface area contributed by atoms with E-state index in [1.165, 1.54) is 0 Å². The molecule has 1 heterocycles. The maximum absolute atomic E-state index is 11.1. The van der Waals surface area contributed by atoms with Crippen LogP contribution in [0.3, 0.4) is 0 Å². The molecular formula is C16H20ClN3O3. The Morgan fingerprint density at radius 3 is 2.83 bits per heavy atom. The molecule has 0 radical (unpaired) electrons. The third-order valence-corrected chi connectivity index (χ3v) is 3.95. The number of nitrogens with one attached hydrogen (secondary N) is 1. The third kappa shape index (κ3) is 4.24. The van der Waals surface area contributed by atoms with Crippen molar-refractivity contribution < 1.29 is 15.0 Å². The van der Waals surface area contributed by atoms with Crippen LogP contribution >= 0.6 is 11.6 Å². The molecule has 7 heteroatoms. The van der Waals surface area contributed by atoms with Crippen molar-refractivity contribution in [2.45, 2.75) is 26.5 Å². The number of hydrogen-bond acceptors (Lipinski definition) is 4. The van der Waals surface area contributed by atoms with E-state index in [1.807, 2.05) is 38.1 Å². The molecule has 0 bridgehead atoms. The zero-order valence-corrected chi connectivity index (χ0v) is 13.8. The number of halogens is 1. The van der Waals surface area contributed by atoms with E-state index in [4.69, 9.17) is 16.7 Å². The molecule has 0 fully saturated rings. The van der Waals surface area contributed by atoms with E-state index < -0.39 is 12.1 Å². The average molecular weight is 338 g/mol. The summed E-state index contributed by atoms with van der Waals surface area (Å²) in [4.78, 5) is 15.6. The standard InChI is InChI=1S/C16H20ClN3O3/c1-10-11(2)20(9-15(22)23)16(19-10)12-4-3-5-13(6-12)18-8-14(21)7-17/h3-6,14,18,21H,7-9H2,1-2H3,(H,22,23). The third-order valence-electron chi connectivity index (χ3n) is 3.59. The number of nitrogens with zero attached hydrogens (tertiary/aromatic N) is 2. The second-order valence-corrected chi connectivity index (χ2v) is 5.66. The number of carbonyl (C=O) groups is 1. The first-order valence-electron chi connectivity index (χ1n) is 7.26. The summed E-state index contributed by atoms with van der Waals surface area (Å²) < 4.78 is 1.68. The van der Waals surface area contributed by atoms with Gasteiger partial charge in [-0.1, -0.05) is 12.1 Å². The van der Waals surface area contributed by atoms with Crippen LogP contribution in [0.15, 0.2) is 24.3 Å². The Hall–Kier alpha value is -2.05. The fraction of sp³-hybridized carbons (Fsp3) is 0.375. The van der Waals surface area contributed by atoms with E-state index in [0.29, 0.717) is 12.4 Å². The van der Waals surface area contributed by atoms with E-state index in [9.17, 15) is 9.90 Å². The molecule has 0 aliphatic heterocycles. The van der Waals surface area contributed by atoms with Crippen molar-refractivity contribution in [1.29, 1.82) is 0 Å². The van der Waals surface area contributed by atoms with Gasteiger partial charge in [-0.2, -0.15) is 0 Å². The molecule has 6 nitrogen and oxygen atoms in total. The van der Waals surface area contributed by atoms with Crippen LogP contribution in [0, 0.1) is 13.8 Å². The SMILES string of the molecule is Cc1nc(-c2cccc(NCC(O)CCl)c2)n(CC(=O)O)c1C.